The molecule has 1 aromatic carbocycles. The second-order valence-electron chi connectivity index (χ2n) is 8.30. The van der Waals surface area contributed by atoms with Gasteiger partial charge >= 0.3 is 0 Å². The normalized spacial score (nSPS) is 18.8. The highest BCUT2D eigenvalue weighted by molar-refractivity contribution is 5.78. The Morgan fingerprint density at radius 3 is 2.39 bits per heavy atom. The number of amides is 2. The quantitative estimate of drug-likeness (QED) is 0.700. The molecule has 1 saturated carbocycles. The first-order chi connectivity index (χ1) is 13.7. The highest BCUT2D eigenvalue weighted by atomic mass is 16.2. The molecule has 1 heterocycles. The summed E-state index contributed by atoms with van der Waals surface area (Å²) in [5.41, 5.74) is 1.31. The van der Waals surface area contributed by atoms with Crippen molar-refractivity contribution >= 4 is 11.8 Å². The molecule has 2 aliphatic rings. The number of nitrogens with one attached hydrogen (secondary N) is 1. The van der Waals surface area contributed by atoms with Gasteiger partial charge in [-0.2, -0.15) is 0 Å². The number of benzene rings is 1. The standard InChI is InChI=1S/C23H35N3O2/c27-22(24-13-7-12-20-8-3-1-4-9-20)19-25-14-16-26(17-15-25)23(28)18-21-10-5-2-6-11-21/h1,3-4,8-9,21H,2,5-7,10-19H2,(H,24,27). The topological polar surface area (TPSA) is 52.7 Å². The SMILES string of the molecule is O=C(CN1CCN(C(=O)CC2CCCCC2)CC1)NCCCc1ccccc1. The van der Waals surface area contributed by atoms with Crippen LogP contribution in [0.5, 0.6) is 0 Å². The van der Waals surface area contributed by atoms with Crippen LogP contribution in [0.2, 0.25) is 0 Å². The van der Waals surface area contributed by atoms with Crippen LogP contribution >= 0.6 is 0 Å². The van der Waals surface area contributed by atoms with Crippen molar-refractivity contribution in [3.63, 3.8) is 0 Å². The Hall–Kier alpha value is -1.88. The average Bonchev–Trinajstić information content (AvgIpc) is 2.73. The van der Waals surface area contributed by atoms with Crippen LogP contribution in [0, 0.1) is 5.92 Å². The van der Waals surface area contributed by atoms with Gasteiger partial charge in [0.15, 0.2) is 0 Å². The first kappa shape index (κ1) is 20.8. The molecule has 1 aliphatic carbocycles. The molecule has 1 saturated heterocycles. The Morgan fingerprint density at radius 2 is 1.68 bits per heavy atom. The van der Waals surface area contributed by atoms with Gasteiger partial charge in [-0.25, -0.2) is 0 Å². The van der Waals surface area contributed by atoms with E-state index in [0.29, 0.717) is 24.9 Å². The number of carbonyl (C=O) groups excluding carboxylic acids is 2. The first-order valence-electron chi connectivity index (χ1n) is 11.0. The molecule has 0 bridgehead atoms. The molecule has 5 nitrogen and oxygen atoms in total. The Labute approximate surface area is 169 Å². The van der Waals surface area contributed by atoms with Crippen molar-refractivity contribution in [3.8, 4) is 0 Å². The second kappa shape index (κ2) is 11.2. The van der Waals surface area contributed by atoms with E-state index in [-0.39, 0.29) is 5.91 Å². The molecular formula is C23H35N3O2. The molecule has 0 atom stereocenters. The van der Waals surface area contributed by atoms with Crippen LogP contribution in [0.25, 0.3) is 0 Å². The lowest BCUT2D eigenvalue weighted by molar-refractivity contribution is -0.134. The van der Waals surface area contributed by atoms with E-state index in [1.165, 1.54) is 37.7 Å². The highest BCUT2D eigenvalue weighted by Crippen LogP contribution is 2.27. The molecule has 1 aliphatic heterocycles. The van der Waals surface area contributed by atoms with Gasteiger partial charge in [0.2, 0.25) is 11.8 Å². The molecule has 0 aromatic heterocycles. The molecular weight excluding hydrogens is 350 g/mol. The lowest BCUT2D eigenvalue weighted by Gasteiger charge is -2.35. The van der Waals surface area contributed by atoms with Gasteiger partial charge < -0.3 is 10.2 Å². The van der Waals surface area contributed by atoms with Crippen molar-refractivity contribution in [2.45, 2.75) is 51.4 Å². The molecule has 0 unspecified atom stereocenters. The van der Waals surface area contributed by atoms with Crippen molar-refractivity contribution in [1.29, 1.82) is 0 Å². The zero-order valence-electron chi connectivity index (χ0n) is 17.1. The number of hydrogen-bond donors (Lipinski definition) is 1. The van der Waals surface area contributed by atoms with Crippen molar-refractivity contribution in [2.75, 3.05) is 39.3 Å². The first-order valence-corrected chi connectivity index (χ1v) is 11.0. The van der Waals surface area contributed by atoms with Crippen molar-refractivity contribution < 1.29 is 9.59 Å². The zero-order chi connectivity index (χ0) is 19.6. The minimum atomic E-state index is 0.0926. The van der Waals surface area contributed by atoms with Crippen LogP contribution in [-0.4, -0.2) is 60.9 Å². The van der Waals surface area contributed by atoms with E-state index in [2.05, 4.69) is 22.3 Å². The van der Waals surface area contributed by atoms with Crippen LogP contribution in [0.15, 0.2) is 30.3 Å². The fourth-order valence-electron chi connectivity index (χ4n) is 4.35. The van der Waals surface area contributed by atoms with Gasteiger partial charge in [0.25, 0.3) is 0 Å². The summed E-state index contributed by atoms with van der Waals surface area (Å²) < 4.78 is 0. The maximum atomic E-state index is 12.5. The predicted molar refractivity (Wildman–Crippen MR) is 112 cm³/mol. The van der Waals surface area contributed by atoms with E-state index >= 15 is 0 Å². The molecule has 2 fully saturated rings. The maximum Gasteiger partial charge on any atom is 0.234 e. The van der Waals surface area contributed by atoms with E-state index in [4.69, 9.17) is 0 Å². The molecule has 0 radical (unpaired) electrons. The number of aryl methyl sites for hydroxylation is 1. The average molecular weight is 386 g/mol. The Morgan fingerprint density at radius 1 is 0.964 bits per heavy atom. The summed E-state index contributed by atoms with van der Waals surface area (Å²) in [6.45, 7) is 4.27. The molecule has 2 amide bonds. The minimum Gasteiger partial charge on any atom is -0.355 e. The lowest BCUT2D eigenvalue weighted by Crippen LogP contribution is -2.51. The van der Waals surface area contributed by atoms with E-state index in [0.717, 1.165) is 45.4 Å². The monoisotopic (exact) mass is 385 g/mol. The van der Waals surface area contributed by atoms with Gasteiger partial charge in [-0.1, -0.05) is 49.6 Å². The summed E-state index contributed by atoms with van der Waals surface area (Å²) in [4.78, 5) is 28.8. The number of nitrogens with zero attached hydrogens (tertiary/aromatic N) is 2. The zero-order valence-corrected chi connectivity index (χ0v) is 17.1. The van der Waals surface area contributed by atoms with Gasteiger partial charge in [0.05, 0.1) is 6.54 Å². The molecule has 3 rings (SSSR count). The van der Waals surface area contributed by atoms with Crippen molar-refractivity contribution in [3.05, 3.63) is 35.9 Å². The number of carbonyl (C=O) groups is 2. The smallest absolute Gasteiger partial charge is 0.234 e. The predicted octanol–water partition coefficient (Wildman–Crippen LogP) is 2.85. The lowest BCUT2D eigenvalue weighted by atomic mass is 9.86. The van der Waals surface area contributed by atoms with E-state index < -0.39 is 0 Å². The summed E-state index contributed by atoms with van der Waals surface area (Å²) in [6, 6.07) is 10.4. The summed E-state index contributed by atoms with van der Waals surface area (Å²) in [5.74, 6) is 1.01. The minimum absolute atomic E-state index is 0.0926. The van der Waals surface area contributed by atoms with Crippen LogP contribution in [0.1, 0.15) is 50.5 Å². The van der Waals surface area contributed by atoms with E-state index in [1.807, 2.05) is 23.1 Å². The number of piperazine rings is 1. The molecule has 1 aromatic rings. The second-order valence-corrected chi connectivity index (χ2v) is 8.30. The molecule has 28 heavy (non-hydrogen) atoms. The highest BCUT2D eigenvalue weighted by Gasteiger charge is 2.25. The van der Waals surface area contributed by atoms with Crippen molar-refractivity contribution in [1.82, 2.24) is 15.1 Å². The summed E-state index contributed by atoms with van der Waals surface area (Å²) in [5, 5.41) is 3.03. The van der Waals surface area contributed by atoms with Gasteiger partial charge in [-0.05, 0) is 37.2 Å². The van der Waals surface area contributed by atoms with E-state index in [9.17, 15) is 9.59 Å². The fourth-order valence-corrected chi connectivity index (χ4v) is 4.35. The molecule has 154 valence electrons. The summed E-state index contributed by atoms with van der Waals surface area (Å²) in [6.07, 6.45) is 9.01. The van der Waals surface area contributed by atoms with Crippen molar-refractivity contribution in [2.24, 2.45) is 5.92 Å². The third-order valence-corrected chi connectivity index (χ3v) is 6.09. The summed E-state index contributed by atoms with van der Waals surface area (Å²) >= 11 is 0. The van der Waals surface area contributed by atoms with Gasteiger partial charge in [-0.3, -0.25) is 14.5 Å². The molecule has 1 N–H and O–H groups in total. The Bertz CT molecular complexity index is 606. The van der Waals surface area contributed by atoms with Gasteiger partial charge in [0.1, 0.15) is 0 Å². The maximum absolute atomic E-state index is 12.5. The number of rotatable bonds is 8. The molecule has 5 heteroatoms. The Kier molecular flexibility index (Phi) is 8.34. The largest absolute Gasteiger partial charge is 0.355 e. The fraction of sp³-hybridized carbons (Fsp3) is 0.652. The summed E-state index contributed by atoms with van der Waals surface area (Å²) in [7, 11) is 0. The van der Waals surface area contributed by atoms with Crippen LogP contribution < -0.4 is 5.32 Å². The van der Waals surface area contributed by atoms with E-state index in [1.54, 1.807) is 0 Å². The number of hydrogen-bond acceptors (Lipinski definition) is 3. The molecule has 0 spiro atoms. The van der Waals surface area contributed by atoms with Gasteiger partial charge in [0, 0.05) is 39.1 Å². The van der Waals surface area contributed by atoms with Crippen LogP contribution in [0.3, 0.4) is 0 Å². The third-order valence-electron chi connectivity index (χ3n) is 6.09. The van der Waals surface area contributed by atoms with Crippen LogP contribution in [0.4, 0.5) is 0 Å². The van der Waals surface area contributed by atoms with Gasteiger partial charge in [-0.15, -0.1) is 0 Å². The Balaban J connectivity index is 1.27. The third kappa shape index (κ3) is 6.93. The van der Waals surface area contributed by atoms with Crippen LogP contribution in [-0.2, 0) is 16.0 Å².